The maximum Gasteiger partial charge on any atom is 0.350 e. The van der Waals surface area contributed by atoms with Gasteiger partial charge in [-0.25, -0.2) is 14.8 Å². The molecule has 0 fully saturated rings. The fraction of sp³-hybridized carbons (Fsp3) is 0.263. The minimum Gasteiger partial charge on any atom is -0.451 e. The Hall–Kier alpha value is -2.36. The molecule has 3 aromatic rings. The minimum atomic E-state index is -0.522. The third-order valence-electron chi connectivity index (χ3n) is 4.26. The van der Waals surface area contributed by atoms with E-state index in [-0.39, 0.29) is 18.6 Å². The van der Waals surface area contributed by atoms with Crippen molar-refractivity contribution < 1.29 is 14.3 Å². The van der Waals surface area contributed by atoms with Gasteiger partial charge in [-0.1, -0.05) is 12.1 Å². The third kappa shape index (κ3) is 3.78. The highest BCUT2D eigenvalue weighted by atomic mass is 32.1. The highest BCUT2D eigenvalue weighted by molar-refractivity contribution is 7.13. The van der Waals surface area contributed by atoms with E-state index < -0.39 is 5.97 Å². The van der Waals surface area contributed by atoms with Crippen LogP contribution in [0.25, 0.3) is 0 Å². The van der Waals surface area contributed by atoms with E-state index in [1.165, 1.54) is 16.3 Å². The van der Waals surface area contributed by atoms with Crippen LogP contribution in [0.3, 0.4) is 0 Å². The molecule has 0 aliphatic carbocycles. The number of hydrogen-bond acceptors (Lipinski definition) is 8. The number of thiazole rings is 1. The molecule has 1 unspecified atom stereocenters. The summed E-state index contributed by atoms with van der Waals surface area (Å²) in [7, 11) is 0. The fourth-order valence-electron chi connectivity index (χ4n) is 3.01. The van der Waals surface area contributed by atoms with E-state index in [1.54, 1.807) is 29.6 Å². The number of nitrogens with zero attached hydrogens (tertiary/aromatic N) is 3. The Labute approximate surface area is 174 Å². The zero-order valence-electron chi connectivity index (χ0n) is 15.2. The molecule has 4 heterocycles. The normalized spacial score (nSPS) is 16.3. The van der Waals surface area contributed by atoms with Crippen LogP contribution in [0, 0.1) is 13.8 Å². The summed E-state index contributed by atoms with van der Waals surface area (Å²) in [5.74, 6) is -0.858. The lowest BCUT2D eigenvalue weighted by atomic mass is 10.1. The quantitative estimate of drug-likeness (QED) is 0.561. The predicted octanol–water partition coefficient (Wildman–Crippen LogP) is 4.42. The van der Waals surface area contributed by atoms with E-state index in [2.05, 4.69) is 10.1 Å². The Morgan fingerprint density at radius 1 is 1.21 bits per heavy atom. The second-order valence-electron chi connectivity index (χ2n) is 6.22. The fourth-order valence-corrected chi connectivity index (χ4v) is 5.36. The van der Waals surface area contributed by atoms with Crippen LogP contribution >= 0.6 is 34.0 Å². The zero-order chi connectivity index (χ0) is 19.7. The SMILES string of the molecule is Cc1nc(C)c(C(=O)OCC(=O)N2N=C(c3cccs3)CC2c2cccs2)s1. The molecule has 0 N–H and O–H groups in total. The number of esters is 1. The van der Waals surface area contributed by atoms with Crippen LogP contribution in [0.2, 0.25) is 0 Å². The van der Waals surface area contributed by atoms with Gasteiger partial charge in [0.2, 0.25) is 0 Å². The molecule has 0 saturated carbocycles. The third-order valence-corrected chi connectivity index (χ3v) is 7.20. The van der Waals surface area contributed by atoms with E-state index in [1.807, 2.05) is 41.9 Å². The van der Waals surface area contributed by atoms with Crippen molar-refractivity contribution in [1.29, 1.82) is 0 Å². The Morgan fingerprint density at radius 3 is 2.64 bits per heavy atom. The van der Waals surface area contributed by atoms with E-state index >= 15 is 0 Å². The summed E-state index contributed by atoms with van der Waals surface area (Å²) in [5, 5.41) is 10.8. The number of hydrogen-bond donors (Lipinski definition) is 0. The number of amides is 1. The number of aryl methyl sites for hydroxylation is 2. The van der Waals surface area contributed by atoms with E-state index in [0.29, 0.717) is 17.0 Å². The van der Waals surface area contributed by atoms with Gasteiger partial charge in [0, 0.05) is 11.3 Å². The van der Waals surface area contributed by atoms with Crippen LogP contribution in [0.1, 0.15) is 42.6 Å². The minimum absolute atomic E-state index is 0.171. The number of aromatic nitrogens is 1. The van der Waals surface area contributed by atoms with Crippen LogP contribution in [-0.2, 0) is 9.53 Å². The molecule has 9 heteroatoms. The number of ether oxygens (including phenoxy) is 1. The number of rotatable bonds is 5. The van der Waals surface area contributed by atoms with Crippen LogP contribution in [0.5, 0.6) is 0 Å². The van der Waals surface area contributed by atoms with Gasteiger partial charge in [-0.2, -0.15) is 5.10 Å². The van der Waals surface area contributed by atoms with Gasteiger partial charge < -0.3 is 4.74 Å². The summed E-state index contributed by atoms with van der Waals surface area (Å²) in [6, 6.07) is 7.75. The lowest BCUT2D eigenvalue weighted by Gasteiger charge is -2.20. The molecule has 0 aromatic carbocycles. The van der Waals surface area contributed by atoms with Gasteiger partial charge >= 0.3 is 5.97 Å². The van der Waals surface area contributed by atoms with Gasteiger partial charge in [-0.05, 0) is 36.7 Å². The topological polar surface area (TPSA) is 71.9 Å². The average Bonchev–Trinajstić information content (AvgIpc) is 3.44. The molecule has 1 aliphatic rings. The average molecular weight is 432 g/mol. The molecule has 0 bridgehead atoms. The van der Waals surface area contributed by atoms with E-state index in [4.69, 9.17) is 4.74 Å². The van der Waals surface area contributed by atoms with Crippen LogP contribution in [0.15, 0.2) is 40.1 Å². The standard InChI is InChI=1S/C19H17N3O3S3/c1-11-18(28-12(2)20-11)19(24)25-10-17(23)22-14(16-6-4-8-27-16)9-13(21-22)15-5-3-7-26-15/h3-8,14H,9-10H2,1-2H3. The number of carbonyl (C=O) groups is 2. The van der Waals surface area contributed by atoms with E-state index in [9.17, 15) is 9.59 Å². The summed E-state index contributed by atoms with van der Waals surface area (Å²) < 4.78 is 5.27. The number of thiophene rings is 2. The molecule has 1 atom stereocenters. The Balaban J connectivity index is 1.50. The van der Waals surface area contributed by atoms with Crippen molar-refractivity contribution in [1.82, 2.24) is 9.99 Å². The van der Waals surface area contributed by atoms with Gasteiger partial charge in [-0.3, -0.25) is 4.79 Å². The number of carbonyl (C=O) groups excluding carboxylic acids is 2. The summed E-state index contributed by atoms with van der Waals surface area (Å²) >= 11 is 4.45. The van der Waals surface area contributed by atoms with Crippen molar-refractivity contribution >= 4 is 51.6 Å². The molecule has 4 rings (SSSR count). The second-order valence-corrected chi connectivity index (χ2v) is 9.35. The molecule has 1 amide bonds. The summed E-state index contributed by atoms with van der Waals surface area (Å²) in [6.45, 7) is 3.24. The Bertz CT molecular complexity index is 1020. The largest absolute Gasteiger partial charge is 0.451 e. The van der Waals surface area contributed by atoms with Crippen molar-refractivity contribution in [3.8, 4) is 0 Å². The molecule has 28 heavy (non-hydrogen) atoms. The molecule has 144 valence electrons. The van der Waals surface area contributed by atoms with Crippen LogP contribution in [-0.4, -0.2) is 34.2 Å². The molecule has 3 aromatic heterocycles. The van der Waals surface area contributed by atoms with E-state index in [0.717, 1.165) is 20.5 Å². The predicted molar refractivity (Wildman–Crippen MR) is 111 cm³/mol. The molecule has 0 spiro atoms. The highest BCUT2D eigenvalue weighted by Crippen LogP contribution is 2.36. The first-order chi connectivity index (χ1) is 13.5. The van der Waals surface area contributed by atoms with Crippen molar-refractivity contribution in [2.24, 2.45) is 5.10 Å². The Morgan fingerprint density at radius 2 is 2.00 bits per heavy atom. The van der Waals surface area contributed by atoms with Gasteiger partial charge in [-0.15, -0.1) is 34.0 Å². The first-order valence-electron chi connectivity index (χ1n) is 8.61. The van der Waals surface area contributed by atoms with Crippen molar-refractivity contribution in [2.45, 2.75) is 26.3 Å². The second kappa shape index (κ2) is 7.94. The monoisotopic (exact) mass is 431 g/mol. The van der Waals surface area contributed by atoms with Crippen LogP contribution < -0.4 is 0 Å². The number of hydrazone groups is 1. The van der Waals surface area contributed by atoms with Gasteiger partial charge in [0.1, 0.15) is 4.88 Å². The molecule has 0 radical (unpaired) electrons. The molecular formula is C19H17N3O3S3. The smallest absolute Gasteiger partial charge is 0.350 e. The summed E-state index contributed by atoms with van der Waals surface area (Å²) in [6.07, 6.45) is 0.647. The van der Waals surface area contributed by atoms with Crippen LogP contribution in [0.4, 0.5) is 0 Å². The molecule has 1 aliphatic heterocycles. The Kier molecular flexibility index (Phi) is 5.38. The molecule has 0 saturated heterocycles. The first-order valence-corrected chi connectivity index (χ1v) is 11.2. The molecular weight excluding hydrogens is 414 g/mol. The zero-order valence-corrected chi connectivity index (χ0v) is 17.7. The summed E-state index contributed by atoms with van der Waals surface area (Å²) in [5.41, 5.74) is 1.50. The first kappa shape index (κ1) is 19.0. The highest BCUT2D eigenvalue weighted by Gasteiger charge is 2.34. The van der Waals surface area contributed by atoms with Gasteiger partial charge in [0.25, 0.3) is 5.91 Å². The van der Waals surface area contributed by atoms with Crippen molar-refractivity contribution in [2.75, 3.05) is 6.61 Å². The lowest BCUT2D eigenvalue weighted by molar-refractivity contribution is -0.136. The lowest BCUT2D eigenvalue weighted by Crippen LogP contribution is -2.31. The molecule has 6 nitrogen and oxygen atoms in total. The summed E-state index contributed by atoms with van der Waals surface area (Å²) in [4.78, 5) is 31.9. The van der Waals surface area contributed by atoms with Gasteiger partial charge in [0.15, 0.2) is 6.61 Å². The van der Waals surface area contributed by atoms with Crippen molar-refractivity contribution in [3.05, 3.63) is 60.4 Å². The van der Waals surface area contributed by atoms with Crippen molar-refractivity contribution in [3.63, 3.8) is 0 Å². The maximum atomic E-state index is 12.8. The maximum absolute atomic E-state index is 12.8. The van der Waals surface area contributed by atoms with Gasteiger partial charge in [0.05, 0.1) is 27.3 Å².